The summed E-state index contributed by atoms with van der Waals surface area (Å²) in [6.45, 7) is 5.01. The van der Waals surface area contributed by atoms with Crippen LogP contribution in [-0.4, -0.2) is 19.3 Å². The van der Waals surface area contributed by atoms with Crippen LogP contribution < -0.4 is 5.73 Å². The number of rotatable bonds is 4. The minimum Gasteiger partial charge on any atom is -0.369 e. The predicted octanol–water partition coefficient (Wildman–Crippen LogP) is 2.47. The van der Waals surface area contributed by atoms with E-state index in [2.05, 4.69) is 52.8 Å². The molecule has 2 N–H and O–H groups in total. The molecule has 0 aliphatic carbocycles. The Morgan fingerprint density at radius 2 is 2.10 bits per heavy atom. The molecule has 0 fully saturated rings. The topological polar surface area (TPSA) is 61.7 Å². The molecule has 1 aromatic carbocycles. The van der Waals surface area contributed by atoms with E-state index in [9.17, 15) is 0 Å². The van der Waals surface area contributed by atoms with Gasteiger partial charge in [0.25, 0.3) is 0 Å². The van der Waals surface area contributed by atoms with E-state index in [1.54, 1.807) is 0 Å². The van der Waals surface area contributed by atoms with Gasteiger partial charge in [0.2, 0.25) is 5.95 Å². The van der Waals surface area contributed by atoms with E-state index in [0.717, 1.165) is 36.2 Å². The van der Waals surface area contributed by atoms with E-state index in [-0.39, 0.29) is 0 Å². The second-order valence-corrected chi connectivity index (χ2v) is 5.46. The molecule has 3 aromatic rings. The first-order valence-corrected chi connectivity index (χ1v) is 7.33. The van der Waals surface area contributed by atoms with Crippen molar-refractivity contribution in [1.82, 2.24) is 19.3 Å². The summed E-state index contributed by atoms with van der Waals surface area (Å²) in [4.78, 5) is 4.49. The van der Waals surface area contributed by atoms with Gasteiger partial charge in [0.15, 0.2) is 5.65 Å². The van der Waals surface area contributed by atoms with Crippen LogP contribution in [0, 0.1) is 6.92 Å². The van der Waals surface area contributed by atoms with Gasteiger partial charge in [0.1, 0.15) is 5.52 Å². The Balaban J connectivity index is 1.93. The van der Waals surface area contributed by atoms with Crippen LogP contribution in [0.5, 0.6) is 0 Å². The zero-order valence-corrected chi connectivity index (χ0v) is 12.8. The molecule has 0 saturated carbocycles. The number of nitrogen functional groups attached to an aromatic ring is 1. The van der Waals surface area contributed by atoms with Gasteiger partial charge in [-0.25, -0.2) is 4.98 Å². The molecule has 0 aliphatic rings. The maximum absolute atomic E-state index is 6.10. The van der Waals surface area contributed by atoms with Crippen molar-refractivity contribution in [3.63, 3.8) is 0 Å². The predicted molar refractivity (Wildman–Crippen MR) is 85.2 cm³/mol. The third kappa shape index (κ3) is 2.39. The fourth-order valence-electron chi connectivity index (χ4n) is 2.83. The molecule has 2 heterocycles. The monoisotopic (exact) mass is 283 g/mol. The van der Waals surface area contributed by atoms with Gasteiger partial charge in [-0.2, -0.15) is 5.10 Å². The standard InChI is InChI=1S/C16H21N5/c1-4-13-14-15(20(3)19-13)21(16(17)18-14)9-8-12-7-5-6-11(2)10-12/h5-7,10H,4,8-9H2,1-3H3,(H2,17,18). The summed E-state index contributed by atoms with van der Waals surface area (Å²) in [7, 11) is 1.95. The molecule has 0 spiro atoms. The Labute approximate surface area is 124 Å². The number of nitrogens with two attached hydrogens (primary N) is 1. The Morgan fingerprint density at radius 1 is 1.29 bits per heavy atom. The Hall–Kier alpha value is -2.30. The number of aromatic nitrogens is 4. The molecular formula is C16H21N5. The van der Waals surface area contributed by atoms with Crippen molar-refractivity contribution in [2.75, 3.05) is 5.73 Å². The third-order valence-electron chi connectivity index (χ3n) is 3.86. The van der Waals surface area contributed by atoms with Gasteiger partial charge in [-0.15, -0.1) is 0 Å². The average molecular weight is 283 g/mol. The van der Waals surface area contributed by atoms with E-state index < -0.39 is 0 Å². The lowest BCUT2D eigenvalue weighted by molar-refractivity contribution is 0.676. The molecular weight excluding hydrogens is 262 g/mol. The fraction of sp³-hybridized carbons (Fsp3) is 0.375. The largest absolute Gasteiger partial charge is 0.369 e. The molecule has 2 aromatic heterocycles. The van der Waals surface area contributed by atoms with Gasteiger partial charge in [0, 0.05) is 13.6 Å². The van der Waals surface area contributed by atoms with Gasteiger partial charge in [-0.3, -0.25) is 9.25 Å². The Morgan fingerprint density at radius 3 is 2.81 bits per heavy atom. The second kappa shape index (κ2) is 5.24. The van der Waals surface area contributed by atoms with Crippen LogP contribution in [-0.2, 0) is 26.4 Å². The summed E-state index contributed by atoms with van der Waals surface area (Å²) >= 11 is 0. The zero-order valence-electron chi connectivity index (χ0n) is 12.8. The van der Waals surface area contributed by atoms with Crippen molar-refractivity contribution in [1.29, 1.82) is 0 Å². The molecule has 0 bridgehead atoms. The highest BCUT2D eigenvalue weighted by atomic mass is 15.3. The highest BCUT2D eigenvalue weighted by Gasteiger charge is 2.16. The van der Waals surface area contributed by atoms with Crippen LogP contribution in [0.4, 0.5) is 5.95 Å². The highest BCUT2D eigenvalue weighted by Crippen LogP contribution is 2.21. The molecule has 0 saturated heterocycles. The van der Waals surface area contributed by atoms with Gasteiger partial charge < -0.3 is 5.73 Å². The molecule has 3 rings (SSSR count). The highest BCUT2D eigenvalue weighted by molar-refractivity contribution is 5.77. The first-order valence-electron chi connectivity index (χ1n) is 7.33. The van der Waals surface area contributed by atoms with Crippen LogP contribution in [0.1, 0.15) is 23.7 Å². The number of hydrogen-bond acceptors (Lipinski definition) is 3. The van der Waals surface area contributed by atoms with Crippen molar-refractivity contribution >= 4 is 17.1 Å². The summed E-state index contributed by atoms with van der Waals surface area (Å²) in [6.07, 6.45) is 1.80. The molecule has 0 aliphatic heterocycles. The molecule has 21 heavy (non-hydrogen) atoms. The maximum atomic E-state index is 6.10. The van der Waals surface area contributed by atoms with Crippen molar-refractivity contribution in [2.45, 2.75) is 33.2 Å². The first-order chi connectivity index (χ1) is 10.1. The van der Waals surface area contributed by atoms with Crippen molar-refractivity contribution in [2.24, 2.45) is 7.05 Å². The van der Waals surface area contributed by atoms with Gasteiger partial charge in [-0.1, -0.05) is 36.8 Å². The van der Waals surface area contributed by atoms with Crippen LogP contribution in [0.15, 0.2) is 24.3 Å². The number of anilines is 1. The SMILES string of the molecule is CCc1nn(C)c2c1nc(N)n2CCc1cccc(C)c1. The number of imidazole rings is 1. The van der Waals surface area contributed by atoms with Gasteiger partial charge in [-0.05, 0) is 25.3 Å². The lowest BCUT2D eigenvalue weighted by Gasteiger charge is -2.07. The van der Waals surface area contributed by atoms with E-state index in [1.807, 2.05) is 11.7 Å². The van der Waals surface area contributed by atoms with E-state index in [0.29, 0.717) is 5.95 Å². The van der Waals surface area contributed by atoms with Crippen LogP contribution in [0.25, 0.3) is 11.2 Å². The fourth-order valence-corrected chi connectivity index (χ4v) is 2.83. The lowest BCUT2D eigenvalue weighted by atomic mass is 10.1. The van der Waals surface area contributed by atoms with E-state index in [4.69, 9.17) is 5.73 Å². The molecule has 0 amide bonds. The third-order valence-corrected chi connectivity index (χ3v) is 3.86. The lowest BCUT2D eigenvalue weighted by Crippen LogP contribution is -2.09. The smallest absolute Gasteiger partial charge is 0.202 e. The number of benzene rings is 1. The summed E-state index contributed by atoms with van der Waals surface area (Å²) in [5.41, 5.74) is 11.6. The molecule has 5 nitrogen and oxygen atoms in total. The molecule has 0 unspecified atom stereocenters. The normalized spacial score (nSPS) is 11.4. The van der Waals surface area contributed by atoms with Crippen molar-refractivity contribution in [3.8, 4) is 0 Å². The number of aryl methyl sites for hydroxylation is 5. The minimum absolute atomic E-state index is 0.570. The van der Waals surface area contributed by atoms with Gasteiger partial charge in [0.05, 0.1) is 5.69 Å². The minimum atomic E-state index is 0.570. The summed E-state index contributed by atoms with van der Waals surface area (Å²) in [5, 5.41) is 4.52. The van der Waals surface area contributed by atoms with Crippen molar-refractivity contribution < 1.29 is 0 Å². The average Bonchev–Trinajstić information content (AvgIpc) is 2.94. The van der Waals surface area contributed by atoms with E-state index >= 15 is 0 Å². The van der Waals surface area contributed by atoms with Gasteiger partial charge >= 0.3 is 0 Å². The quantitative estimate of drug-likeness (QED) is 0.800. The summed E-state index contributed by atoms with van der Waals surface area (Å²) in [5.74, 6) is 0.570. The van der Waals surface area contributed by atoms with Crippen LogP contribution in [0.3, 0.4) is 0 Å². The summed E-state index contributed by atoms with van der Waals surface area (Å²) < 4.78 is 3.94. The number of hydrogen-bond donors (Lipinski definition) is 1. The molecule has 110 valence electrons. The zero-order chi connectivity index (χ0) is 15.0. The second-order valence-electron chi connectivity index (χ2n) is 5.46. The first kappa shape index (κ1) is 13.7. The maximum Gasteiger partial charge on any atom is 0.202 e. The molecule has 0 radical (unpaired) electrons. The number of nitrogens with zero attached hydrogens (tertiary/aromatic N) is 4. The molecule has 5 heteroatoms. The number of fused-ring (bicyclic) bond motifs is 1. The van der Waals surface area contributed by atoms with E-state index in [1.165, 1.54) is 11.1 Å². The van der Waals surface area contributed by atoms with Crippen LogP contribution >= 0.6 is 0 Å². The van der Waals surface area contributed by atoms with Crippen molar-refractivity contribution in [3.05, 3.63) is 41.1 Å². The Bertz CT molecular complexity index is 781. The van der Waals surface area contributed by atoms with Crippen LogP contribution in [0.2, 0.25) is 0 Å². The molecule has 0 atom stereocenters. The Kier molecular flexibility index (Phi) is 3.41. The summed E-state index contributed by atoms with van der Waals surface area (Å²) in [6, 6.07) is 8.57.